The van der Waals surface area contributed by atoms with Crippen LogP contribution in [0.15, 0.2) is 113 Å². The molecule has 0 radical (unpaired) electrons. The number of nitrogens with zero attached hydrogens (tertiary/aromatic N) is 2. The van der Waals surface area contributed by atoms with E-state index in [1.54, 1.807) is 55.6 Å². The van der Waals surface area contributed by atoms with Crippen molar-refractivity contribution in [2.24, 2.45) is 0 Å². The molecule has 0 aliphatic heterocycles. The van der Waals surface area contributed by atoms with Crippen LogP contribution < -0.4 is 19.1 Å². The Labute approximate surface area is 288 Å². The van der Waals surface area contributed by atoms with E-state index in [-0.39, 0.29) is 29.5 Å². The molecule has 0 spiro atoms. The predicted molar refractivity (Wildman–Crippen MR) is 191 cm³/mol. The number of hydrogen-bond donors (Lipinski definition) is 1. The second-order valence-electron chi connectivity index (χ2n) is 11.0. The highest BCUT2D eigenvalue weighted by atomic mass is 32.2. The largest absolute Gasteiger partial charge is 0.497 e. The van der Waals surface area contributed by atoms with Gasteiger partial charge < -0.3 is 19.7 Å². The first-order chi connectivity index (χ1) is 23.2. The molecule has 0 aliphatic rings. The molecule has 4 aromatic rings. The van der Waals surface area contributed by atoms with Crippen molar-refractivity contribution in [3.8, 4) is 11.5 Å². The number of methoxy groups -OCH3 is 1. The molecule has 0 aromatic heterocycles. The van der Waals surface area contributed by atoms with Crippen molar-refractivity contribution in [3.63, 3.8) is 0 Å². The van der Waals surface area contributed by atoms with E-state index in [4.69, 9.17) is 9.47 Å². The van der Waals surface area contributed by atoms with Crippen LogP contribution in [0, 0.1) is 0 Å². The van der Waals surface area contributed by atoms with Crippen LogP contribution in [0.3, 0.4) is 0 Å². The summed E-state index contributed by atoms with van der Waals surface area (Å²) >= 11 is 1.50. The molecular weight excluding hydrogens is 647 g/mol. The van der Waals surface area contributed by atoms with E-state index < -0.39 is 28.5 Å². The van der Waals surface area contributed by atoms with E-state index in [0.717, 1.165) is 20.3 Å². The molecule has 4 rings (SSSR count). The van der Waals surface area contributed by atoms with E-state index in [1.165, 1.54) is 28.8 Å². The standard InChI is InChI=1S/C37H43N3O6S2/c1-5-23-38-37(42)35(25-28-11-8-7-9-12-28)39(26-29-13-10-14-32(24-29)45-3)36(41)27-40(30-15-17-31(18-16-30)46-6-2)48(43,44)34-21-19-33(47-4)20-22-34/h7-22,24,35H,5-6,23,25-27H2,1-4H3,(H,38,42). The fourth-order valence-corrected chi connectivity index (χ4v) is 6.99. The van der Waals surface area contributed by atoms with E-state index >= 15 is 0 Å². The number of nitrogens with one attached hydrogen (secondary N) is 1. The van der Waals surface area contributed by atoms with Crippen LogP contribution in [0.5, 0.6) is 11.5 Å². The number of carbonyl (C=O) groups is 2. The van der Waals surface area contributed by atoms with Crippen LogP contribution in [0.1, 0.15) is 31.4 Å². The maximum atomic E-state index is 14.6. The smallest absolute Gasteiger partial charge is 0.264 e. The molecule has 1 N–H and O–H groups in total. The molecule has 0 aliphatic carbocycles. The highest BCUT2D eigenvalue weighted by Gasteiger charge is 2.34. The maximum Gasteiger partial charge on any atom is 0.264 e. The predicted octanol–water partition coefficient (Wildman–Crippen LogP) is 6.18. The lowest BCUT2D eigenvalue weighted by Crippen LogP contribution is -2.53. The van der Waals surface area contributed by atoms with Crippen molar-refractivity contribution < 1.29 is 27.5 Å². The quantitative estimate of drug-likeness (QED) is 0.132. The minimum atomic E-state index is -4.22. The molecule has 1 atom stereocenters. The van der Waals surface area contributed by atoms with Crippen molar-refractivity contribution in [2.45, 2.75) is 49.1 Å². The normalized spacial score (nSPS) is 11.8. The van der Waals surface area contributed by atoms with E-state index in [1.807, 2.05) is 62.6 Å². The molecular formula is C37H43N3O6S2. The summed E-state index contributed by atoms with van der Waals surface area (Å²) in [5.74, 6) is 0.315. The third-order valence-electron chi connectivity index (χ3n) is 7.67. The Bertz CT molecular complexity index is 1730. The van der Waals surface area contributed by atoms with E-state index in [0.29, 0.717) is 31.1 Å². The average molecular weight is 690 g/mol. The summed E-state index contributed by atoms with van der Waals surface area (Å²) in [5, 5.41) is 2.96. The molecule has 0 fully saturated rings. The number of amides is 2. The molecule has 9 nitrogen and oxygen atoms in total. The fourth-order valence-electron chi connectivity index (χ4n) is 5.17. The molecule has 2 amide bonds. The number of rotatable bonds is 17. The van der Waals surface area contributed by atoms with Gasteiger partial charge in [-0.25, -0.2) is 8.42 Å². The van der Waals surface area contributed by atoms with Gasteiger partial charge in [-0.1, -0.05) is 49.4 Å². The van der Waals surface area contributed by atoms with Crippen LogP contribution in [-0.2, 0) is 32.6 Å². The van der Waals surface area contributed by atoms with Gasteiger partial charge in [-0.15, -0.1) is 11.8 Å². The van der Waals surface area contributed by atoms with Gasteiger partial charge in [0, 0.05) is 24.4 Å². The molecule has 0 saturated carbocycles. The van der Waals surface area contributed by atoms with Gasteiger partial charge in [-0.2, -0.15) is 0 Å². The number of anilines is 1. The zero-order valence-corrected chi connectivity index (χ0v) is 29.4. The second kappa shape index (κ2) is 17.6. The number of benzene rings is 4. The number of carbonyl (C=O) groups excluding carboxylic acids is 2. The summed E-state index contributed by atoms with van der Waals surface area (Å²) in [6.45, 7) is 4.20. The van der Waals surface area contributed by atoms with Crippen molar-refractivity contribution in [2.75, 3.05) is 37.4 Å². The lowest BCUT2D eigenvalue weighted by atomic mass is 10.0. The summed E-state index contributed by atoms with van der Waals surface area (Å²) in [4.78, 5) is 30.9. The first-order valence-electron chi connectivity index (χ1n) is 15.8. The van der Waals surface area contributed by atoms with Gasteiger partial charge in [0.15, 0.2) is 0 Å². The first kappa shape index (κ1) is 36.4. The van der Waals surface area contributed by atoms with Gasteiger partial charge in [-0.05, 0) is 91.4 Å². The van der Waals surface area contributed by atoms with Gasteiger partial charge in [0.2, 0.25) is 11.8 Å². The Morgan fingerprint density at radius 3 is 2.17 bits per heavy atom. The second-order valence-corrected chi connectivity index (χ2v) is 13.7. The number of ether oxygens (including phenoxy) is 2. The van der Waals surface area contributed by atoms with Gasteiger partial charge in [0.05, 0.1) is 24.3 Å². The van der Waals surface area contributed by atoms with Crippen molar-refractivity contribution in [1.82, 2.24) is 10.2 Å². The molecule has 4 aromatic carbocycles. The van der Waals surface area contributed by atoms with Crippen LogP contribution >= 0.6 is 11.8 Å². The van der Waals surface area contributed by atoms with E-state index in [9.17, 15) is 18.0 Å². The monoisotopic (exact) mass is 689 g/mol. The Kier molecular flexibility index (Phi) is 13.3. The summed E-state index contributed by atoms with van der Waals surface area (Å²) in [5.41, 5.74) is 1.88. The number of sulfonamides is 1. The minimum absolute atomic E-state index is 0.0443. The maximum absolute atomic E-state index is 14.6. The molecule has 0 saturated heterocycles. The van der Waals surface area contributed by atoms with E-state index in [2.05, 4.69) is 5.32 Å². The summed E-state index contributed by atoms with van der Waals surface area (Å²) in [7, 11) is -2.66. The van der Waals surface area contributed by atoms with Gasteiger partial charge >= 0.3 is 0 Å². The van der Waals surface area contributed by atoms with Crippen molar-refractivity contribution in [1.29, 1.82) is 0 Å². The summed E-state index contributed by atoms with van der Waals surface area (Å²) in [6, 6.07) is 28.9. The van der Waals surface area contributed by atoms with Crippen molar-refractivity contribution in [3.05, 3.63) is 114 Å². The molecule has 254 valence electrons. The van der Waals surface area contributed by atoms with Crippen LogP contribution in [0.2, 0.25) is 0 Å². The highest BCUT2D eigenvalue weighted by Crippen LogP contribution is 2.28. The molecule has 0 bridgehead atoms. The number of hydrogen-bond acceptors (Lipinski definition) is 7. The lowest BCUT2D eigenvalue weighted by Gasteiger charge is -2.34. The third kappa shape index (κ3) is 9.54. The zero-order valence-electron chi connectivity index (χ0n) is 27.8. The molecule has 1 unspecified atom stereocenters. The fraction of sp³-hybridized carbons (Fsp3) is 0.297. The Hall–Kier alpha value is -4.48. The topological polar surface area (TPSA) is 105 Å². The van der Waals surface area contributed by atoms with Gasteiger partial charge in [-0.3, -0.25) is 13.9 Å². The zero-order chi connectivity index (χ0) is 34.5. The van der Waals surface area contributed by atoms with Crippen LogP contribution in [0.25, 0.3) is 0 Å². The Morgan fingerprint density at radius 2 is 1.54 bits per heavy atom. The SMILES string of the molecule is CCCNC(=O)C(Cc1ccccc1)N(Cc1cccc(OC)c1)C(=O)CN(c1ccc(OCC)cc1)S(=O)(=O)c1ccc(SC)cc1. The van der Waals surface area contributed by atoms with Gasteiger partial charge in [0.25, 0.3) is 10.0 Å². The Morgan fingerprint density at radius 1 is 0.854 bits per heavy atom. The van der Waals surface area contributed by atoms with Crippen molar-refractivity contribution >= 4 is 39.3 Å². The summed E-state index contributed by atoms with van der Waals surface area (Å²) in [6.07, 6.45) is 2.86. The average Bonchev–Trinajstić information content (AvgIpc) is 3.12. The number of thioether (sulfide) groups is 1. The molecule has 48 heavy (non-hydrogen) atoms. The first-order valence-corrected chi connectivity index (χ1v) is 18.5. The third-order valence-corrected chi connectivity index (χ3v) is 10.2. The highest BCUT2D eigenvalue weighted by molar-refractivity contribution is 7.98. The summed E-state index contributed by atoms with van der Waals surface area (Å²) < 4.78 is 40.7. The van der Waals surface area contributed by atoms with Gasteiger partial charge in [0.1, 0.15) is 24.1 Å². The lowest BCUT2D eigenvalue weighted by molar-refractivity contribution is -0.140. The van der Waals surface area contributed by atoms with Crippen LogP contribution in [-0.4, -0.2) is 64.2 Å². The molecule has 11 heteroatoms. The minimum Gasteiger partial charge on any atom is -0.497 e. The molecule has 0 heterocycles. The van der Waals surface area contributed by atoms with Crippen LogP contribution in [0.4, 0.5) is 5.69 Å². The Balaban J connectivity index is 1.80.